The molecule has 1 aromatic heterocycles. The highest BCUT2D eigenvalue weighted by Gasteiger charge is 2.29. The summed E-state index contributed by atoms with van der Waals surface area (Å²) < 4.78 is 0.679. The fourth-order valence-corrected chi connectivity index (χ4v) is 2.20. The minimum atomic E-state index is -0.118. The molecule has 1 saturated carbocycles. The minimum absolute atomic E-state index is 0.118. The highest BCUT2D eigenvalue weighted by molar-refractivity contribution is 9.10. The monoisotopic (exact) mass is 311 g/mol. The van der Waals surface area contributed by atoms with E-state index >= 15 is 0 Å². The molecule has 2 rings (SSSR count). The van der Waals surface area contributed by atoms with E-state index in [1.54, 1.807) is 12.1 Å². The van der Waals surface area contributed by atoms with E-state index in [0.717, 1.165) is 0 Å². The zero-order chi connectivity index (χ0) is 13.1. The Morgan fingerprint density at radius 3 is 2.94 bits per heavy atom. The lowest BCUT2D eigenvalue weighted by atomic mass is 10.2. The van der Waals surface area contributed by atoms with Crippen LogP contribution in [0.3, 0.4) is 0 Å². The van der Waals surface area contributed by atoms with Crippen molar-refractivity contribution in [2.24, 2.45) is 0 Å². The number of likely N-dealkylation sites (N-methyl/N-ethyl adjacent to an activating group) is 1. The molecule has 1 aliphatic rings. The van der Waals surface area contributed by atoms with Crippen LogP contribution in [0.2, 0.25) is 0 Å². The Balaban J connectivity index is 1.84. The van der Waals surface area contributed by atoms with Gasteiger partial charge in [-0.05, 0) is 54.9 Å². The van der Waals surface area contributed by atoms with E-state index in [1.165, 1.54) is 12.8 Å². The summed E-state index contributed by atoms with van der Waals surface area (Å²) in [7, 11) is 2.12. The lowest BCUT2D eigenvalue weighted by molar-refractivity contribution is 0.0934. The number of halogens is 1. The highest BCUT2D eigenvalue weighted by Crippen LogP contribution is 2.26. The number of hydrogen-bond acceptors (Lipinski definition) is 3. The van der Waals surface area contributed by atoms with Gasteiger partial charge in [0.1, 0.15) is 10.3 Å². The molecule has 18 heavy (non-hydrogen) atoms. The van der Waals surface area contributed by atoms with Crippen molar-refractivity contribution in [3.8, 4) is 0 Å². The second-order valence-electron chi connectivity index (χ2n) is 4.80. The van der Waals surface area contributed by atoms with Crippen molar-refractivity contribution in [1.29, 1.82) is 0 Å². The van der Waals surface area contributed by atoms with Gasteiger partial charge in [0.15, 0.2) is 0 Å². The van der Waals surface area contributed by atoms with Crippen molar-refractivity contribution in [1.82, 2.24) is 15.2 Å². The topological polar surface area (TPSA) is 45.2 Å². The molecule has 4 nitrogen and oxygen atoms in total. The molecule has 98 valence electrons. The Labute approximate surface area is 116 Å². The summed E-state index contributed by atoms with van der Waals surface area (Å²) in [6, 6.07) is 6.40. The van der Waals surface area contributed by atoms with Gasteiger partial charge in [0.25, 0.3) is 5.91 Å². The maximum Gasteiger partial charge on any atom is 0.269 e. The predicted octanol–water partition coefficient (Wildman–Crippen LogP) is 2.06. The minimum Gasteiger partial charge on any atom is -0.349 e. The van der Waals surface area contributed by atoms with Crippen LogP contribution < -0.4 is 5.32 Å². The number of aromatic nitrogens is 1. The molecular weight excluding hydrogens is 294 g/mol. The number of carbonyl (C=O) groups excluding carboxylic acids is 1. The van der Waals surface area contributed by atoms with E-state index in [0.29, 0.717) is 28.9 Å². The summed E-state index contributed by atoms with van der Waals surface area (Å²) >= 11 is 3.26. The van der Waals surface area contributed by atoms with Gasteiger partial charge in [-0.15, -0.1) is 0 Å². The second kappa shape index (κ2) is 5.80. The fraction of sp³-hybridized carbons (Fsp3) is 0.538. The molecule has 0 saturated heterocycles. The maximum absolute atomic E-state index is 11.9. The van der Waals surface area contributed by atoms with E-state index in [-0.39, 0.29) is 5.91 Å². The number of nitrogens with one attached hydrogen (secondary N) is 1. The standard InChI is InChI=1S/C13H18BrN3O/c1-9(17(2)10-6-7-10)8-15-13(18)11-4-3-5-12(14)16-11/h3-5,9-10H,6-8H2,1-2H3,(H,15,18). The van der Waals surface area contributed by atoms with Crippen molar-refractivity contribution in [2.75, 3.05) is 13.6 Å². The van der Waals surface area contributed by atoms with Crippen LogP contribution in [0, 0.1) is 0 Å². The van der Waals surface area contributed by atoms with Crippen molar-refractivity contribution in [2.45, 2.75) is 31.8 Å². The summed E-state index contributed by atoms with van der Waals surface area (Å²) in [5.41, 5.74) is 0.450. The van der Waals surface area contributed by atoms with Gasteiger partial charge in [0.05, 0.1) is 0 Å². The van der Waals surface area contributed by atoms with Crippen LogP contribution in [0.1, 0.15) is 30.3 Å². The summed E-state index contributed by atoms with van der Waals surface area (Å²) in [4.78, 5) is 18.4. The Morgan fingerprint density at radius 2 is 2.33 bits per heavy atom. The van der Waals surface area contributed by atoms with Crippen LogP contribution in [0.15, 0.2) is 22.8 Å². The van der Waals surface area contributed by atoms with Gasteiger partial charge in [-0.3, -0.25) is 9.69 Å². The number of hydrogen-bond donors (Lipinski definition) is 1. The van der Waals surface area contributed by atoms with E-state index in [1.807, 2.05) is 6.07 Å². The molecule has 0 aromatic carbocycles. The van der Waals surface area contributed by atoms with Gasteiger partial charge in [-0.1, -0.05) is 6.07 Å². The van der Waals surface area contributed by atoms with Crippen molar-refractivity contribution >= 4 is 21.8 Å². The molecule has 1 aliphatic carbocycles. The van der Waals surface area contributed by atoms with Gasteiger partial charge in [0, 0.05) is 18.6 Å². The molecule has 5 heteroatoms. The Bertz CT molecular complexity index is 434. The van der Waals surface area contributed by atoms with Gasteiger partial charge < -0.3 is 5.32 Å². The number of rotatable bonds is 5. The largest absolute Gasteiger partial charge is 0.349 e. The molecule has 0 aliphatic heterocycles. The summed E-state index contributed by atoms with van der Waals surface area (Å²) in [5.74, 6) is -0.118. The average Bonchev–Trinajstić information content (AvgIpc) is 3.18. The van der Waals surface area contributed by atoms with Crippen LogP contribution in [0.5, 0.6) is 0 Å². The lowest BCUT2D eigenvalue weighted by Gasteiger charge is -2.24. The molecule has 0 radical (unpaired) electrons. The van der Waals surface area contributed by atoms with Crippen molar-refractivity contribution in [3.63, 3.8) is 0 Å². The number of pyridine rings is 1. The Morgan fingerprint density at radius 1 is 1.61 bits per heavy atom. The first-order valence-electron chi connectivity index (χ1n) is 6.20. The second-order valence-corrected chi connectivity index (χ2v) is 5.61. The predicted molar refractivity (Wildman–Crippen MR) is 74.5 cm³/mol. The average molecular weight is 312 g/mol. The quantitative estimate of drug-likeness (QED) is 0.847. The smallest absolute Gasteiger partial charge is 0.269 e. The first-order valence-corrected chi connectivity index (χ1v) is 7.00. The van der Waals surface area contributed by atoms with Gasteiger partial charge >= 0.3 is 0 Å². The lowest BCUT2D eigenvalue weighted by Crippen LogP contribution is -2.41. The van der Waals surface area contributed by atoms with Crippen molar-refractivity contribution < 1.29 is 4.79 Å². The normalized spacial score (nSPS) is 16.7. The third-order valence-electron chi connectivity index (χ3n) is 3.32. The molecule has 0 spiro atoms. The maximum atomic E-state index is 11.9. The number of carbonyl (C=O) groups is 1. The molecule has 1 N–H and O–H groups in total. The van der Waals surface area contributed by atoms with Crippen LogP contribution in [-0.2, 0) is 0 Å². The van der Waals surface area contributed by atoms with Crippen LogP contribution >= 0.6 is 15.9 Å². The molecular formula is C13H18BrN3O. The molecule has 1 atom stereocenters. The van der Waals surface area contributed by atoms with E-state index in [4.69, 9.17) is 0 Å². The van der Waals surface area contributed by atoms with Gasteiger partial charge in [-0.2, -0.15) is 0 Å². The SMILES string of the molecule is CC(CNC(=O)c1cccc(Br)n1)N(C)C1CC1. The first kappa shape index (κ1) is 13.5. The van der Waals surface area contributed by atoms with Crippen LogP contribution in [0.25, 0.3) is 0 Å². The number of amides is 1. The van der Waals surface area contributed by atoms with Crippen molar-refractivity contribution in [3.05, 3.63) is 28.5 Å². The van der Waals surface area contributed by atoms with Gasteiger partial charge in [-0.25, -0.2) is 4.98 Å². The zero-order valence-corrected chi connectivity index (χ0v) is 12.3. The van der Waals surface area contributed by atoms with Crippen LogP contribution in [0.4, 0.5) is 0 Å². The van der Waals surface area contributed by atoms with Gasteiger partial charge in [0.2, 0.25) is 0 Å². The third kappa shape index (κ3) is 3.53. The highest BCUT2D eigenvalue weighted by atomic mass is 79.9. The number of nitrogens with zero attached hydrogens (tertiary/aromatic N) is 2. The van der Waals surface area contributed by atoms with E-state index in [9.17, 15) is 4.79 Å². The molecule has 1 heterocycles. The Kier molecular flexibility index (Phi) is 4.35. The zero-order valence-electron chi connectivity index (χ0n) is 10.7. The van der Waals surface area contributed by atoms with E-state index < -0.39 is 0 Å². The van der Waals surface area contributed by atoms with Crippen LogP contribution in [-0.4, -0.2) is 41.5 Å². The summed E-state index contributed by atoms with van der Waals surface area (Å²) in [5, 5.41) is 2.93. The first-order chi connectivity index (χ1) is 8.58. The molecule has 1 aromatic rings. The Hall–Kier alpha value is -0.940. The molecule has 1 unspecified atom stereocenters. The molecule has 0 bridgehead atoms. The van der Waals surface area contributed by atoms with E-state index in [2.05, 4.69) is 45.1 Å². The summed E-state index contributed by atoms with van der Waals surface area (Å²) in [6.45, 7) is 2.78. The summed E-state index contributed by atoms with van der Waals surface area (Å²) in [6.07, 6.45) is 2.56. The third-order valence-corrected chi connectivity index (χ3v) is 3.77. The fourth-order valence-electron chi connectivity index (χ4n) is 1.85. The molecule has 1 fully saturated rings. The molecule has 1 amide bonds.